The molecule has 2 aromatic carbocycles. The van der Waals surface area contributed by atoms with Crippen molar-refractivity contribution in [1.82, 2.24) is 15.3 Å². The molecule has 36 heavy (non-hydrogen) atoms. The Morgan fingerprint density at radius 2 is 2.00 bits per heavy atom. The summed E-state index contributed by atoms with van der Waals surface area (Å²) in [5, 5.41) is 6.76. The summed E-state index contributed by atoms with van der Waals surface area (Å²) in [6.07, 6.45) is 9.09. The zero-order valence-corrected chi connectivity index (χ0v) is 20.9. The van der Waals surface area contributed by atoms with Crippen molar-refractivity contribution in [2.75, 3.05) is 32.1 Å². The van der Waals surface area contributed by atoms with E-state index >= 15 is 0 Å². The van der Waals surface area contributed by atoms with Gasteiger partial charge in [0, 0.05) is 37.0 Å². The number of fused-ring (bicyclic) bond motifs is 3. The predicted molar refractivity (Wildman–Crippen MR) is 143 cm³/mol. The molecule has 0 saturated heterocycles. The Hall–Kier alpha value is -3.35. The molecule has 0 radical (unpaired) electrons. The summed E-state index contributed by atoms with van der Waals surface area (Å²) in [7, 11) is 1.71. The third-order valence-electron chi connectivity index (χ3n) is 7.16. The summed E-state index contributed by atoms with van der Waals surface area (Å²) in [5.74, 6) is 0.549. The zero-order valence-electron chi connectivity index (χ0n) is 20.9. The number of ether oxygens (including phenoxy) is 1. The van der Waals surface area contributed by atoms with Gasteiger partial charge in [-0.05, 0) is 66.1 Å². The summed E-state index contributed by atoms with van der Waals surface area (Å²) in [4.78, 5) is 9.55. The maximum absolute atomic E-state index is 15.0. The molecule has 0 aliphatic heterocycles. The first-order chi connectivity index (χ1) is 17.6. The van der Waals surface area contributed by atoms with Crippen molar-refractivity contribution in [2.24, 2.45) is 11.8 Å². The van der Waals surface area contributed by atoms with Crippen molar-refractivity contribution in [3.63, 3.8) is 0 Å². The minimum atomic E-state index is -0.172. The van der Waals surface area contributed by atoms with Crippen molar-refractivity contribution in [1.29, 1.82) is 0 Å². The Morgan fingerprint density at radius 3 is 2.86 bits per heavy atom. The van der Waals surface area contributed by atoms with E-state index in [1.54, 1.807) is 13.2 Å². The molecule has 2 aliphatic rings. The highest BCUT2D eigenvalue weighted by atomic mass is 19.1. The van der Waals surface area contributed by atoms with Crippen molar-refractivity contribution in [3.8, 4) is 11.3 Å². The van der Waals surface area contributed by atoms with E-state index in [4.69, 9.17) is 9.72 Å². The number of nitrogens with zero attached hydrogens (tertiary/aromatic N) is 2. The fourth-order valence-electron chi connectivity index (χ4n) is 5.38. The van der Waals surface area contributed by atoms with E-state index in [-0.39, 0.29) is 23.6 Å². The second kappa shape index (κ2) is 11.1. The molecule has 0 saturated carbocycles. The molecule has 2 unspecified atom stereocenters. The lowest BCUT2D eigenvalue weighted by atomic mass is 9.69. The van der Waals surface area contributed by atoms with Crippen LogP contribution < -0.4 is 10.6 Å². The topological polar surface area (TPSA) is 59.1 Å². The molecule has 186 valence electrons. The van der Waals surface area contributed by atoms with Gasteiger partial charge in [0.25, 0.3) is 0 Å². The number of allylic oxidation sites excluding steroid dienone is 4. The second-order valence-corrected chi connectivity index (χ2v) is 9.60. The summed E-state index contributed by atoms with van der Waals surface area (Å²) < 4.78 is 20.1. The van der Waals surface area contributed by atoms with Crippen molar-refractivity contribution in [2.45, 2.75) is 25.7 Å². The molecule has 0 amide bonds. The van der Waals surface area contributed by atoms with Gasteiger partial charge >= 0.3 is 0 Å². The summed E-state index contributed by atoms with van der Waals surface area (Å²) in [6.45, 7) is 4.55. The molecule has 1 heterocycles. The molecule has 0 spiro atoms. The molecule has 5 nitrogen and oxygen atoms in total. The third-order valence-corrected chi connectivity index (χ3v) is 7.16. The van der Waals surface area contributed by atoms with Crippen molar-refractivity contribution < 1.29 is 9.13 Å². The van der Waals surface area contributed by atoms with Crippen LogP contribution in [0, 0.1) is 11.8 Å². The molecule has 2 aliphatic carbocycles. The monoisotopic (exact) mass is 484 g/mol. The Labute approximate surface area is 212 Å². The van der Waals surface area contributed by atoms with E-state index in [1.807, 2.05) is 36.5 Å². The van der Waals surface area contributed by atoms with Crippen LogP contribution in [-0.2, 0) is 17.6 Å². The van der Waals surface area contributed by atoms with Crippen LogP contribution in [0.25, 0.3) is 11.3 Å². The van der Waals surface area contributed by atoms with Crippen LogP contribution in [0.4, 0.5) is 16.0 Å². The highest BCUT2D eigenvalue weighted by Gasteiger charge is 2.37. The summed E-state index contributed by atoms with van der Waals surface area (Å²) >= 11 is 0. The number of halogens is 1. The molecular formula is C30H33FN4O. The molecule has 5 rings (SSSR count). The van der Waals surface area contributed by atoms with E-state index in [0.717, 1.165) is 54.0 Å². The number of hydrogen-bond donors (Lipinski definition) is 2. The lowest BCUT2D eigenvalue weighted by molar-refractivity contribution is 0.199. The molecule has 3 aromatic rings. The maximum atomic E-state index is 15.0. The first kappa shape index (κ1) is 24.3. The molecule has 6 heteroatoms. The Morgan fingerprint density at radius 1 is 1.11 bits per heavy atom. The average molecular weight is 485 g/mol. The van der Waals surface area contributed by atoms with Gasteiger partial charge in [-0.1, -0.05) is 55.5 Å². The fraction of sp³-hybridized carbons (Fsp3) is 0.333. The lowest BCUT2D eigenvalue weighted by Crippen LogP contribution is -2.26. The Bertz CT molecular complexity index is 1270. The van der Waals surface area contributed by atoms with Crippen LogP contribution in [0.2, 0.25) is 0 Å². The van der Waals surface area contributed by atoms with E-state index in [9.17, 15) is 4.39 Å². The second-order valence-electron chi connectivity index (χ2n) is 9.60. The lowest BCUT2D eigenvalue weighted by Gasteiger charge is -2.35. The smallest absolute Gasteiger partial charge is 0.227 e. The van der Waals surface area contributed by atoms with Crippen molar-refractivity contribution >= 4 is 11.6 Å². The number of anilines is 2. The fourth-order valence-corrected chi connectivity index (χ4v) is 5.38. The predicted octanol–water partition coefficient (Wildman–Crippen LogP) is 5.98. The van der Waals surface area contributed by atoms with E-state index in [1.165, 1.54) is 5.56 Å². The van der Waals surface area contributed by atoms with Gasteiger partial charge in [-0.3, -0.25) is 0 Å². The third kappa shape index (κ3) is 5.25. The summed E-state index contributed by atoms with van der Waals surface area (Å²) in [5.41, 5.74) is 6.42. The van der Waals surface area contributed by atoms with Gasteiger partial charge in [0.2, 0.25) is 5.95 Å². The van der Waals surface area contributed by atoms with E-state index in [2.05, 4.69) is 52.9 Å². The SMILES string of the molecule is COCCNCCc1cccc(Nc2ncc3c(n2)-c2ccccc2[C@H](C2C(F)=CC=CC2C)C3)c1. The number of nitrogens with one attached hydrogen (secondary N) is 2. The standard InChI is InChI=1S/C30H33FN4O/c1-20-7-5-12-27(31)28(20)26-18-22-19-33-30(35-29(22)25-11-4-3-10-24(25)26)34-23-9-6-8-21(17-23)13-14-32-15-16-36-2/h3-12,17,19-20,26,28,32H,13-16,18H2,1-2H3,(H,33,34,35)/t20?,26-,28?/m1/s1. The molecule has 1 aromatic heterocycles. The number of aromatic nitrogens is 2. The molecular weight excluding hydrogens is 451 g/mol. The van der Waals surface area contributed by atoms with Gasteiger partial charge in [0.1, 0.15) is 5.83 Å². The Kier molecular flexibility index (Phi) is 7.54. The Balaban J connectivity index is 1.36. The van der Waals surface area contributed by atoms with Crippen LogP contribution in [0.15, 0.2) is 78.8 Å². The van der Waals surface area contributed by atoms with E-state index in [0.29, 0.717) is 12.6 Å². The highest BCUT2D eigenvalue weighted by Crippen LogP contribution is 2.47. The minimum Gasteiger partial charge on any atom is -0.383 e. The van der Waals surface area contributed by atoms with Gasteiger partial charge < -0.3 is 15.4 Å². The highest BCUT2D eigenvalue weighted by molar-refractivity contribution is 5.72. The average Bonchev–Trinajstić information content (AvgIpc) is 2.89. The normalized spacial score (nSPS) is 20.4. The van der Waals surface area contributed by atoms with Gasteiger partial charge in [0.05, 0.1) is 12.3 Å². The zero-order chi connectivity index (χ0) is 24.9. The minimum absolute atomic E-state index is 0.0405. The molecule has 3 atom stereocenters. The number of rotatable bonds is 9. The quantitative estimate of drug-likeness (QED) is 0.366. The van der Waals surface area contributed by atoms with Gasteiger partial charge in [-0.15, -0.1) is 0 Å². The number of benzene rings is 2. The van der Waals surface area contributed by atoms with Crippen LogP contribution in [0.5, 0.6) is 0 Å². The maximum Gasteiger partial charge on any atom is 0.227 e. The van der Waals surface area contributed by atoms with Gasteiger partial charge in [0.15, 0.2) is 0 Å². The number of methoxy groups -OCH3 is 1. The first-order valence-electron chi connectivity index (χ1n) is 12.7. The molecule has 0 fully saturated rings. The van der Waals surface area contributed by atoms with Crippen molar-refractivity contribution in [3.05, 3.63) is 95.5 Å². The van der Waals surface area contributed by atoms with Crippen LogP contribution >= 0.6 is 0 Å². The van der Waals surface area contributed by atoms with Crippen LogP contribution in [-0.4, -0.2) is 36.8 Å². The van der Waals surface area contributed by atoms with Crippen LogP contribution in [0.1, 0.15) is 29.5 Å². The largest absolute Gasteiger partial charge is 0.383 e. The van der Waals surface area contributed by atoms with Gasteiger partial charge in [-0.25, -0.2) is 14.4 Å². The molecule has 2 N–H and O–H groups in total. The first-order valence-corrected chi connectivity index (χ1v) is 12.7. The summed E-state index contributed by atoms with van der Waals surface area (Å²) in [6, 6.07) is 16.6. The van der Waals surface area contributed by atoms with Gasteiger partial charge in [-0.2, -0.15) is 0 Å². The van der Waals surface area contributed by atoms with Crippen LogP contribution in [0.3, 0.4) is 0 Å². The molecule has 0 bridgehead atoms. The number of hydrogen-bond acceptors (Lipinski definition) is 5. The van der Waals surface area contributed by atoms with E-state index < -0.39 is 0 Å².